The highest BCUT2D eigenvalue weighted by Crippen LogP contribution is 2.42. The predicted molar refractivity (Wildman–Crippen MR) is 64.9 cm³/mol. The van der Waals surface area contributed by atoms with Crippen LogP contribution < -0.4 is 5.32 Å². The van der Waals surface area contributed by atoms with E-state index in [1.807, 2.05) is 0 Å². The Bertz CT molecular complexity index is 433. The van der Waals surface area contributed by atoms with Gasteiger partial charge in [0.15, 0.2) is 0 Å². The zero-order chi connectivity index (χ0) is 14.0. The normalized spacial score (nSPS) is 32.4. The summed E-state index contributed by atoms with van der Waals surface area (Å²) < 4.78 is 10.6. The molecular formula is C13H17NO5. The van der Waals surface area contributed by atoms with Crippen LogP contribution in [-0.2, 0) is 23.9 Å². The molecule has 2 aliphatic rings. The highest BCUT2D eigenvalue weighted by molar-refractivity contribution is 5.89. The van der Waals surface area contributed by atoms with Gasteiger partial charge in [0, 0.05) is 6.42 Å². The number of amides is 1. The minimum absolute atomic E-state index is 0.0581. The van der Waals surface area contributed by atoms with Gasteiger partial charge in [-0.15, -0.1) is 0 Å². The predicted octanol–water partition coefficient (Wildman–Crippen LogP) is 0.316. The highest BCUT2D eigenvalue weighted by Gasteiger charge is 2.52. The maximum absolute atomic E-state index is 11.7. The largest absolute Gasteiger partial charge is 0.458 e. The molecule has 2 rings (SSSR count). The van der Waals surface area contributed by atoms with E-state index >= 15 is 0 Å². The lowest BCUT2D eigenvalue weighted by molar-refractivity contribution is -0.176. The quantitative estimate of drug-likeness (QED) is 0.586. The van der Waals surface area contributed by atoms with Crippen LogP contribution in [-0.4, -0.2) is 36.1 Å². The van der Waals surface area contributed by atoms with Crippen LogP contribution in [0.4, 0.5) is 0 Å². The molecule has 1 N–H and O–H groups in total. The maximum atomic E-state index is 11.7. The lowest BCUT2D eigenvalue weighted by atomic mass is 9.80. The SMILES string of the molecule is C=CC(=O)NCC(=O)OC1(C)CCC2CC1OC2=O. The lowest BCUT2D eigenvalue weighted by Crippen LogP contribution is -2.47. The van der Waals surface area contributed by atoms with Gasteiger partial charge in [0.1, 0.15) is 18.2 Å². The van der Waals surface area contributed by atoms with Crippen LogP contribution in [0.2, 0.25) is 0 Å². The molecule has 3 unspecified atom stereocenters. The second kappa shape index (κ2) is 5.03. The third-order valence-corrected chi connectivity index (χ3v) is 3.70. The fourth-order valence-electron chi connectivity index (χ4n) is 2.51. The molecule has 1 amide bonds. The van der Waals surface area contributed by atoms with Crippen molar-refractivity contribution in [2.75, 3.05) is 6.54 Å². The monoisotopic (exact) mass is 267 g/mol. The van der Waals surface area contributed by atoms with E-state index in [1.165, 1.54) is 0 Å². The van der Waals surface area contributed by atoms with Crippen LogP contribution in [0.5, 0.6) is 0 Å². The molecule has 0 radical (unpaired) electrons. The molecule has 19 heavy (non-hydrogen) atoms. The Morgan fingerprint density at radius 2 is 2.37 bits per heavy atom. The van der Waals surface area contributed by atoms with Crippen molar-refractivity contribution in [3.8, 4) is 0 Å². The Hall–Kier alpha value is -1.85. The fourth-order valence-corrected chi connectivity index (χ4v) is 2.51. The van der Waals surface area contributed by atoms with E-state index in [2.05, 4.69) is 11.9 Å². The van der Waals surface area contributed by atoms with Crippen LogP contribution in [0.25, 0.3) is 0 Å². The number of esters is 2. The first-order chi connectivity index (χ1) is 8.94. The summed E-state index contributed by atoms with van der Waals surface area (Å²) in [5.74, 6) is -1.24. The molecule has 1 saturated carbocycles. The molecule has 1 aliphatic heterocycles. The molecular weight excluding hydrogens is 250 g/mol. The summed E-state index contributed by atoms with van der Waals surface area (Å²) in [7, 11) is 0. The molecule has 1 heterocycles. The van der Waals surface area contributed by atoms with Gasteiger partial charge in [-0.3, -0.25) is 14.4 Å². The Morgan fingerprint density at radius 3 is 3.05 bits per heavy atom. The summed E-state index contributed by atoms with van der Waals surface area (Å²) in [6, 6.07) is 0. The molecule has 3 atom stereocenters. The number of fused-ring (bicyclic) bond motifs is 2. The van der Waals surface area contributed by atoms with Crippen molar-refractivity contribution in [2.45, 2.75) is 37.9 Å². The van der Waals surface area contributed by atoms with E-state index in [9.17, 15) is 14.4 Å². The Kier molecular flexibility index (Phi) is 3.59. The molecule has 0 aromatic heterocycles. The van der Waals surface area contributed by atoms with Crippen molar-refractivity contribution >= 4 is 17.8 Å². The maximum Gasteiger partial charge on any atom is 0.326 e. The lowest BCUT2D eigenvalue weighted by Gasteiger charge is -2.36. The Balaban J connectivity index is 1.91. The number of hydrogen-bond donors (Lipinski definition) is 1. The minimum Gasteiger partial charge on any atom is -0.458 e. The average Bonchev–Trinajstić information content (AvgIpc) is 2.70. The van der Waals surface area contributed by atoms with E-state index in [0.29, 0.717) is 19.3 Å². The first kappa shape index (κ1) is 13.6. The molecule has 1 saturated heterocycles. The molecule has 104 valence electrons. The van der Waals surface area contributed by atoms with Gasteiger partial charge >= 0.3 is 11.9 Å². The van der Waals surface area contributed by atoms with Gasteiger partial charge in [-0.05, 0) is 25.8 Å². The second-order valence-electron chi connectivity index (χ2n) is 5.11. The average molecular weight is 267 g/mol. The summed E-state index contributed by atoms with van der Waals surface area (Å²) in [6.45, 7) is 4.83. The fraction of sp³-hybridized carbons (Fsp3) is 0.615. The second-order valence-corrected chi connectivity index (χ2v) is 5.11. The Labute approximate surface area is 111 Å². The third-order valence-electron chi connectivity index (χ3n) is 3.70. The van der Waals surface area contributed by atoms with Crippen molar-refractivity contribution < 1.29 is 23.9 Å². The molecule has 6 nitrogen and oxygen atoms in total. The number of carbonyl (C=O) groups is 3. The number of hydrogen-bond acceptors (Lipinski definition) is 5. The van der Waals surface area contributed by atoms with E-state index in [-0.39, 0.29) is 24.5 Å². The van der Waals surface area contributed by atoms with Crippen molar-refractivity contribution in [1.29, 1.82) is 0 Å². The van der Waals surface area contributed by atoms with Crippen LogP contribution in [0.1, 0.15) is 26.2 Å². The van der Waals surface area contributed by atoms with Gasteiger partial charge in [-0.2, -0.15) is 0 Å². The third kappa shape index (κ3) is 2.77. The standard InChI is InChI=1S/C13H17NO5/c1-3-10(15)14-7-11(16)19-13(2)5-4-8-6-9(13)18-12(8)17/h3,8-9H,1,4-7H2,2H3,(H,14,15). The molecule has 6 heteroatoms. The van der Waals surface area contributed by atoms with Gasteiger partial charge in [0.25, 0.3) is 0 Å². The summed E-state index contributed by atoms with van der Waals surface area (Å²) >= 11 is 0. The number of carbonyl (C=O) groups excluding carboxylic acids is 3. The molecule has 0 aromatic rings. The number of rotatable bonds is 4. The summed E-state index contributed by atoms with van der Waals surface area (Å²) in [4.78, 5) is 34.1. The Morgan fingerprint density at radius 1 is 1.63 bits per heavy atom. The zero-order valence-corrected chi connectivity index (χ0v) is 10.8. The highest BCUT2D eigenvalue weighted by atomic mass is 16.6. The van der Waals surface area contributed by atoms with Crippen molar-refractivity contribution in [2.24, 2.45) is 5.92 Å². The van der Waals surface area contributed by atoms with Gasteiger partial charge in [0.2, 0.25) is 5.91 Å². The van der Waals surface area contributed by atoms with Crippen LogP contribution in [0.15, 0.2) is 12.7 Å². The summed E-state index contributed by atoms with van der Waals surface area (Å²) in [5.41, 5.74) is -0.793. The van der Waals surface area contributed by atoms with E-state index in [4.69, 9.17) is 9.47 Å². The molecule has 0 aromatic carbocycles. The number of nitrogens with one attached hydrogen (secondary N) is 1. The summed E-state index contributed by atoms with van der Waals surface area (Å²) in [6.07, 6.45) is 2.56. The molecule has 2 fully saturated rings. The topological polar surface area (TPSA) is 81.7 Å². The summed E-state index contributed by atoms with van der Waals surface area (Å²) in [5, 5.41) is 2.35. The van der Waals surface area contributed by atoms with Gasteiger partial charge in [0.05, 0.1) is 5.92 Å². The van der Waals surface area contributed by atoms with Crippen LogP contribution in [0, 0.1) is 5.92 Å². The van der Waals surface area contributed by atoms with Crippen LogP contribution >= 0.6 is 0 Å². The molecule has 2 bridgehead atoms. The van der Waals surface area contributed by atoms with Crippen LogP contribution in [0.3, 0.4) is 0 Å². The minimum atomic E-state index is -0.793. The van der Waals surface area contributed by atoms with Crippen molar-refractivity contribution in [1.82, 2.24) is 5.32 Å². The smallest absolute Gasteiger partial charge is 0.326 e. The first-order valence-corrected chi connectivity index (χ1v) is 6.27. The zero-order valence-electron chi connectivity index (χ0n) is 10.8. The van der Waals surface area contributed by atoms with Gasteiger partial charge in [-0.25, -0.2) is 0 Å². The van der Waals surface area contributed by atoms with Gasteiger partial charge < -0.3 is 14.8 Å². The van der Waals surface area contributed by atoms with E-state index in [0.717, 1.165) is 6.08 Å². The van der Waals surface area contributed by atoms with E-state index < -0.39 is 17.5 Å². The first-order valence-electron chi connectivity index (χ1n) is 6.27. The van der Waals surface area contributed by atoms with Crippen molar-refractivity contribution in [3.63, 3.8) is 0 Å². The number of ether oxygens (including phenoxy) is 2. The molecule has 1 aliphatic carbocycles. The van der Waals surface area contributed by atoms with E-state index in [1.54, 1.807) is 6.92 Å². The van der Waals surface area contributed by atoms with Gasteiger partial charge in [-0.1, -0.05) is 6.58 Å². The van der Waals surface area contributed by atoms with Crippen molar-refractivity contribution in [3.05, 3.63) is 12.7 Å². The molecule has 0 spiro atoms.